The minimum atomic E-state index is -0.588. The number of ether oxygens (including phenoxy) is 2. The lowest BCUT2D eigenvalue weighted by Crippen LogP contribution is -2.42. The van der Waals surface area contributed by atoms with Crippen LogP contribution in [0.2, 0.25) is 0 Å². The second-order valence-corrected chi connectivity index (χ2v) is 18.6. The molecule has 8 aromatic rings. The zero-order valence-corrected chi connectivity index (χ0v) is 36.2. The molecule has 0 saturated carbocycles. The fourth-order valence-electron chi connectivity index (χ4n) is 9.39. The maximum Gasteiger partial charge on any atom is 0.419 e. The van der Waals surface area contributed by atoms with Crippen molar-refractivity contribution < 1.29 is 38.2 Å². The molecule has 66 heavy (non-hydrogen) atoms. The number of Topliss-reactive ketones (excluding diaryl/α,β-unsaturated/α-hetero) is 4. The lowest BCUT2D eigenvalue weighted by atomic mass is 9.84. The van der Waals surface area contributed by atoms with Gasteiger partial charge in [0.1, 0.15) is 13.2 Å². The number of carbonyl (C=O) groups excluding carboxylic acids is 6. The number of hydrogen-bond donors (Lipinski definition) is 0. The van der Waals surface area contributed by atoms with Crippen LogP contribution < -0.4 is 21.1 Å². The molecule has 4 aliphatic rings. The van der Waals surface area contributed by atoms with E-state index in [0.29, 0.717) is 53.7 Å². The maximum atomic E-state index is 14.3. The molecule has 0 amide bonds. The highest BCUT2D eigenvalue weighted by Gasteiger charge is 2.35. The summed E-state index contributed by atoms with van der Waals surface area (Å²) in [4.78, 5) is 83.4. The van der Waals surface area contributed by atoms with Gasteiger partial charge in [-0.25, -0.2) is 18.7 Å². The summed E-state index contributed by atoms with van der Waals surface area (Å²) in [6.07, 6.45) is 10.3. The molecule has 0 spiro atoms. The summed E-state index contributed by atoms with van der Waals surface area (Å²) in [6.45, 7) is 0.0863. The fourth-order valence-corrected chi connectivity index (χ4v) is 11.6. The molecule has 2 unspecified atom stereocenters. The summed E-state index contributed by atoms with van der Waals surface area (Å²) in [5.41, 5.74) is 4.38. The third-order valence-electron chi connectivity index (χ3n) is 12.5. The topological polar surface area (TPSA) is 131 Å². The first-order chi connectivity index (χ1) is 32.2. The Balaban J connectivity index is 0.997. The molecule has 12 rings (SSSR count). The van der Waals surface area contributed by atoms with Crippen molar-refractivity contribution in [1.29, 1.82) is 0 Å². The average molecular weight is 901 g/mol. The van der Waals surface area contributed by atoms with Gasteiger partial charge in [-0.15, -0.1) is 22.7 Å². The van der Waals surface area contributed by atoms with Gasteiger partial charge in [-0.1, -0.05) is 133 Å². The SMILES string of the molecule is O=C1C(=Cc2cc3c(s2)c2c(n3C(=O)OCc3ccccc3)=CC3C=c4c(n(C(=O)OCc5ccccc5)c5cc(C=C6C(=O)c7ccccc7C6=O)sc45)=CC3C=2)C(=O)c2ccccc21. The van der Waals surface area contributed by atoms with Gasteiger partial charge in [-0.05, 0) is 35.4 Å². The number of allylic oxidation sites excluding steroid dienone is 2. The number of rotatable bonds is 6. The Morgan fingerprint density at radius 1 is 0.485 bits per heavy atom. The predicted octanol–water partition coefficient (Wildman–Crippen LogP) is 8.10. The molecule has 4 aromatic carbocycles. The standard InChI is InChI=1S/C54H32N2O8S2/c57-47-35-15-7-8-16-36(35)48(58)41(47)23-33-25-45-51(65-33)39-19-32-22-44-40(20-31(32)21-43(39)55(45)53(61)63-27-29-11-3-1-4-12-29)52-46(56(44)54(62)64-28-30-13-5-2-6-14-30)26-34(66-52)24-42-49(59)37-17-9-10-18-38(37)50(42)60/h1-26,31-32H,27-28H2. The van der Waals surface area contributed by atoms with E-state index in [1.54, 1.807) is 69.8 Å². The monoisotopic (exact) mass is 900 g/mol. The minimum absolute atomic E-state index is 0.0431. The second kappa shape index (κ2) is 15.3. The third kappa shape index (κ3) is 6.28. The summed E-state index contributed by atoms with van der Waals surface area (Å²) in [7, 11) is 0. The number of thiophene rings is 2. The lowest BCUT2D eigenvalue weighted by molar-refractivity contribution is 0.0975. The Kier molecular flexibility index (Phi) is 9.16. The number of fused-ring (bicyclic) bond motifs is 9. The highest BCUT2D eigenvalue weighted by molar-refractivity contribution is 7.20. The first-order valence-corrected chi connectivity index (χ1v) is 22.8. The van der Waals surface area contributed by atoms with Crippen molar-refractivity contribution in [3.05, 3.63) is 197 Å². The van der Waals surface area contributed by atoms with Crippen LogP contribution in [0.5, 0.6) is 0 Å². The van der Waals surface area contributed by atoms with E-state index in [-0.39, 0.29) is 59.3 Å². The molecule has 0 fully saturated rings. The normalized spacial score (nSPS) is 16.7. The smallest absolute Gasteiger partial charge is 0.419 e. The lowest BCUT2D eigenvalue weighted by Gasteiger charge is -2.21. The van der Waals surface area contributed by atoms with Crippen LogP contribution in [0.25, 0.3) is 56.9 Å². The van der Waals surface area contributed by atoms with Crippen molar-refractivity contribution in [2.45, 2.75) is 13.2 Å². The highest BCUT2D eigenvalue weighted by Crippen LogP contribution is 2.35. The first-order valence-electron chi connectivity index (χ1n) is 21.2. The molecule has 4 heterocycles. The molecule has 0 radical (unpaired) electrons. The van der Waals surface area contributed by atoms with Crippen molar-refractivity contribution >= 4 is 115 Å². The Morgan fingerprint density at radius 2 is 0.833 bits per heavy atom. The molecule has 4 aliphatic carbocycles. The Labute approximate surface area is 382 Å². The molecule has 2 atom stereocenters. The van der Waals surface area contributed by atoms with Gasteiger partial charge >= 0.3 is 12.2 Å². The van der Waals surface area contributed by atoms with E-state index in [4.69, 9.17) is 9.47 Å². The maximum absolute atomic E-state index is 14.3. The summed E-state index contributed by atoms with van der Waals surface area (Å²) in [6, 6.07) is 36.0. The van der Waals surface area contributed by atoms with E-state index < -0.39 is 12.2 Å². The molecule has 12 heteroatoms. The Bertz CT molecular complexity index is 3520. The van der Waals surface area contributed by atoms with Crippen LogP contribution in [0.4, 0.5) is 9.59 Å². The van der Waals surface area contributed by atoms with E-state index >= 15 is 0 Å². The molecule has 10 nitrogen and oxygen atoms in total. The zero-order valence-electron chi connectivity index (χ0n) is 34.6. The van der Waals surface area contributed by atoms with Crippen molar-refractivity contribution in [2.75, 3.05) is 0 Å². The van der Waals surface area contributed by atoms with Crippen LogP contribution in [0.15, 0.2) is 132 Å². The van der Waals surface area contributed by atoms with Crippen LogP contribution in [-0.4, -0.2) is 44.5 Å². The van der Waals surface area contributed by atoms with Gasteiger partial charge in [0.2, 0.25) is 0 Å². The molecular formula is C54H32N2O8S2. The molecule has 318 valence electrons. The van der Waals surface area contributed by atoms with Crippen LogP contribution in [0.3, 0.4) is 0 Å². The summed E-state index contributed by atoms with van der Waals surface area (Å²) in [5, 5.41) is 2.84. The van der Waals surface area contributed by atoms with Gasteiger partial charge in [0.15, 0.2) is 23.1 Å². The number of nitrogens with zero attached hydrogens (tertiary/aromatic N) is 2. The molecule has 0 N–H and O–H groups in total. The molecule has 4 aromatic heterocycles. The highest BCUT2D eigenvalue weighted by atomic mass is 32.1. The number of ketones is 4. The van der Waals surface area contributed by atoms with Crippen LogP contribution in [0.1, 0.15) is 62.3 Å². The van der Waals surface area contributed by atoms with Gasteiger partial charge in [-0.2, -0.15) is 0 Å². The van der Waals surface area contributed by atoms with E-state index in [2.05, 4.69) is 12.2 Å². The summed E-state index contributed by atoms with van der Waals surface area (Å²) < 4.78 is 16.5. The quantitative estimate of drug-likeness (QED) is 0.121. The summed E-state index contributed by atoms with van der Waals surface area (Å²) >= 11 is 2.74. The van der Waals surface area contributed by atoms with E-state index in [1.807, 2.05) is 84.9 Å². The van der Waals surface area contributed by atoms with E-state index in [1.165, 1.54) is 22.7 Å². The molecule has 0 bridgehead atoms. The van der Waals surface area contributed by atoms with Crippen molar-refractivity contribution in [1.82, 2.24) is 9.13 Å². The third-order valence-corrected chi connectivity index (χ3v) is 14.7. The van der Waals surface area contributed by atoms with Crippen molar-refractivity contribution in [3.8, 4) is 0 Å². The van der Waals surface area contributed by atoms with Gasteiger partial charge < -0.3 is 9.47 Å². The second-order valence-electron chi connectivity index (χ2n) is 16.4. The number of hydrogen-bond acceptors (Lipinski definition) is 10. The van der Waals surface area contributed by atoms with Gasteiger partial charge in [0.25, 0.3) is 0 Å². The number of carbonyl (C=O) groups is 6. The molecule has 0 aliphatic heterocycles. The van der Waals surface area contributed by atoms with Crippen LogP contribution in [-0.2, 0) is 22.7 Å². The molecular weight excluding hydrogens is 869 g/mol. The fraction of sp³-hybridized carbons (Fsp3) is 0.0741. The van der Waals surface area contributed by atoms with Gasteiger partial charge in [0, 0.05) is 54.3 Å². The average Bonchev–Trinajstić information content (AvgIpc) is 4.17. The first kappa shape index (κ1) is 39.5. The van der Waals surface area contributed by atoms with Gasteiger partial charge in [0.05, 0.1) is 42.3 Å². The zero-order chi connectivity index (χ0) is 44.8. The van der Waals surface area contributed by atoms with E-state index in [0.717, 1.165) is 31.0 Å². The van der Waals surface area contributed by atoms with Crippen LogP contribution >= 0.6 is 22.7 Å². The Morgan fingerprint density at radius 3 is 1.20 bits per heavy atom. The number of benzene rings is 4. The number of aromatic nitrogens is 2. The Hall–Kier alpha value is -8.06. The summed E-state index contributed by atoms with van der Waals surface area (Å²) in [5.74, 6) is -1.89. The van der Waals surface area contributed by atoms with E-state index in [9.17, 15) is 28.8 Å². The molecule has 0 saturated heterocycles. The van der Waals surface area contributed by atoms with Crippen LogP contribution in [0, 0.1) is 11.8 Å². The van der Waals surface area contributed by atoms with Gasteiger partial charge in [-0.3, -0.25) is 19.2 Å². The van der Waals surface area contributed by atoms with Crippen molar-refractivity contribution in [3.63, 3.8) is 0 Å². The predicted molar refractivity (Wildman–Crippen MR) is 253 cm³/mol. The minimum Gasteiger partial charge on any atom is -0.444 e. The largest absolute Gasteiger partial charge is 0.444 e. The van der Waals surface area contributed by atoms with Crippen molar-refractivity contribution in [2.24, 2.45) is 11.8 Å².